The molecule has 0 bridgehead atoms. The molecule has 0 heterocycles. The summed E-state index contributed by atoms with van der Waals surface area (Å²) in [5.41, 5.74) is 0. The number of rotatable bonds is 5. The molecule has 0 amide bonds. The molecule has 0 rings (SSSR count). The molecular formula is C10H23N. The van der Waals surface area contributed by atoms with Crippen LogP contribution < -0.4 is 0 Å². The Balaban J connectivity index is 3.92. The monoisotopic (exact) mass is 157 g/mol. The van der Waals surface area contributed by atoms with Crippen molar-refractivity contribution in [1.82, 2.24) is 4.90 Å². The van der Waals surface area contributed by atoms with Crippen LogP contribution >= 0.6 is 0 Å². The quantitative estimate of drug-likeness (QED) is 0.593. The maximum Gasteiger partial charge on any atom is 0.0115 e. The fraction of sp³-hybridized carbons (Fsp3) is 1.00. The highest BCUT2D eigenvalue weighted by atomic mass is 15.1. The molecule has 2 atom stereocenters. The van der Waals surface area contributed by atoms with Crippen LogP contribution in [0.5, 0.6) is 0 Å². The summed E-state index contributed by atoms with van der Waals surface area (Å²) in [6.45, 7) is 10.3. The third-order valence-corrected chi connectivity index (χ3v) is 2.78. The van der Waals surface area contributed by atoms with Gasteiger partial charge in [0.1, 0.15) is 0 Å². The van der Waals surface area contributed by atoms with E-state index in [4.69, 9.17) is 0 Å². The van der Waals surface area contributed by atoms with Crippen LogP contribution in [-0.2, 0) is 0 Å². The highest BCUT2D eigenvalue weighted by Gasteiger charge is 2.16. The molecule has 0 N–H and O–H groups in total. The molecule has 11 heavy (non-hydrogen) atoms. The summed E-state index contributed by atoms with van der Waals surface area (Å²) in [7, 11) is 2.22. The van der Waals surface area contributed by atoms with Gasteiger partial charge in [0, 0.05) is 6.04 Å². The van der Waals surface area contributed by atoms with E-state index >= 15 is 0 Å². The van der Waals surface area contributed by atoms with Gasteiger partial charge in [0.15, 0.2) is 0 Å². The maximum absolute atomic E-state index is 2.45. The van der Waals surface area contributed by atoms with Gasteiger partial charge in [-0.05, 0) is 25.9 Å². The Hall–Kier alpha value is -0.0400. The molecule has 0 aliphatic heterocycles. The van der Waals surface area contributed by atoms with Crippen molar-refractivity contribution >= 4 is 0 Å². The lowest BCUT2D eigenvalue weighted by atomic mass is 9.96. The zero-order valence-electron chi connectivity index (χ0n) is 8.72. The van der Waals surface area contributed by atoms with Gasteiger partial charge >= 0.3 is 0 Å². The van der Waals surface area contributed by atoms with E-state index in [0.717, 1.165) is 12.0 Å². The molecule has 0 fully saturated rings. The van der Waals surface area contributed by atoms with Crippen molar-refractivity contribution < 1.29 is 0 Å². The van der Waals surface area contributed by atoms with E-state index in [-0.39, 0.29) is 0 Å². The Morgan fingerprint density at radius 1 is 1.09 bits per heavy atom. The highest BCUT2D eigenvalue weighted by molar-refractivity contribution is 4.71. The van der Waals surface area contributed by atoms with Crippen LogP contribution in [0.3, 0.4) is 0 Å². The van der Waals surface area contributed by atoms with Crippen molar-refractivity contribution in [3.8, 4) is 0 Å². The van der Waals surface area contributed by atoms with Crippen LogP contribution in [0.4, 0.5) is 0 Å². The van der Waals surface area contributed by atoms with Crippen LogP contribution in [0, 0.1) is 5.92 Å². The first kappa shape index (κ1) is 11.0. The molecule has 1 heteroatoms. The summed E-state index contributed by atoms with van der Waals surface area (Å²) in [6.07, 6.45) is 2.57. The third kappa shape index (κ3) is 3.24. The Bertz CT molecular complexity index is 80.9. The van der Waals surface area contributed by atoms with Crippen molar-refractivity contribution in [3.63, 3.8) is 0 Å². The Morgan fingerprint density at radius 2 is 1.64 bits per heavy atom. The van der Waals surface area contributed by atoms with E-state index in [1.54, 1.807) is 0 Å². The average Bonchev–Trinajstić information content (AvgIpc) is 2.05. The van der Waals surface area contributed by atoms with Crippen LogP contribution in [0.2, 0.25) is 0 Å². The molecule has 68 valence electrons. The molecule has 0 saturated heterocycles. The predicted molar refractivity (Wildman–Crippen MR) is 51.8 cm³/mol. The number of nitrogens with zero attached hydrogens (tertiary/aromatic N) is 1. The molecule has 0 saturated carbocycles. The van der Waals surface area contributed by atoms with Gasteiger partial charge in [0.25, 0.3) is 0 Å². The molecule has 0 aliphatic carbocycles. The Kier molecular flexibility index (Phi) is 5.57. The minimum Gasteiger partial charge on any atom is -0.303 e. The summed E-state index contributed by atoms with van der Waals surface area (Å²) in [5, 5.41) is 0. The summed E-state index contributed by atoms with van der Waals surface area (Å²) in [5.74, 6) is 0.838. The zero-order valence-corrected chi connectivity index (χ0v) is 8.72. The first-order chi connectivity index (χ1) is 5.17. The maximum atomic E-state index is 2.45. The van der Waals surface area contributed by atoms with Gasteiger partial charge in [-0.3, -0.25) is 0 Å². The number of hydrogen-bond donors (Lipinski definition) is 0. The fourth-order valence-electron chi connectivity index (χ4n) is 1.66. The largest absolute Gasteiger partial charge is 0.303 e. The molecule has 0 aromatic carbocycles. The van der Waals surface area contributed by atoms with Gasteiger partial charge in [-0.25, -0.2) is 0 Å². The zero-order chi connectivity index (χ0) is 8.85. The molecule has 1 nitrogen and oxygen atoms in total. The van der Waals surface area contributed by atoms with Crippen molar-refractivity contribution in [2.75, 3.05) is 13.6 Å². The van der Waals surface area contributed by atoms with Gasteiger partial charge < -0.3 is 4.90 Å². The topological polar surface area (TPSA) is 3.24 Å². The van der Waals surface area contributed by atoms with E-state index in [2.05, 4.69) is 39.6 Å². The minimum atomic E-state index is 0.782. The van der Waals surface area contributed by atoms with E-state index < -0.39 is 0 Å². The van der Waals surface area contributed by atoms with Crippen molar-refractivity contribution in [2.45, 2.75) is 46.6 Å². The van der Waals surface area contributed by atoms with Gasteiger partial charge in [-0.1, -0.05) is 34.1 Å². The normalized spacial score (nSPS) is 16.9. The average molecular weight is 157 g/mol. The van der Waals surface area contributed by atoms with Crippen molar-refractivity contribution in [2.24, 2.45) is 5.92 Å². The molecule has 0 aromatic heterocycles. The lowest BCUT2D eigenvalue weighted by molar-refractivity contribution is 0.182. The lowest BCUT2D eigenvalue weighted by Gasteiger charge is -2.30. The van der Waals surface area contributed by atoms with Crippen LogP contribution in [0.15, 0.2) is 0 Å². The molecular weight excluding hydrogens is 134 g/mol. The van der Waals surface area contributed by atoms with E-state index in [0.29, 0.717) is 0 Å². The molecule has 0 aliphatic rings. The minimum absolute atomic E-state index is 0.782. The highest BCUT2D eigenvalue weighted by Crippen LogP contribution is 2.15. The van der Waals surface area contributed by atoms with Crippen LogP contribution in [0.25, 0.3) is 0 Å². The van der Waals surface area contributed by atoms with E-state index in [1.807, 2.05) is 0 Å². The second-order valence-corrected chi connectivity index (χ2v) is 3.43. The van der Waals surface area contributed by atoms with E-state index in [1.165, 1.54) is 19.4 Å². The second kappa shape index (κ2) is 5.59. The van der Waals surface area contributed by atoms with Crippen LogP contribution in [0.1, 0.15) is 40.5 Å². The standard InChI is InChI=1S/C10H23N/c1-6-9(4)10(7-2)11(5)8-3/h9-10H,6-8H2,1-5H3/t9-,10?/m1/s1. The van der Waals surface area contributed by atoms with Gasteiger partial charge in [0.2, 0.25) is 0 Å². The van der Waals surface area contributed by atoms with E-state index in [9.17, 15) is 0 Å². The molecule has 0 radical (unpaired) electrons. The van der Waals surface area contributed by atoms with Gasteiger partial charge in [0.05, 0.1) is 0 Å². The number of hydrogen-bond acceptors (Lipinski definition) is 1. The summed E-state index contributed by atoms with van der Waals surface area (Å²) in [4.78, 5) is 2.45. The molecule has 1 unspecified atom stereocenters. The Labute approximate surface area is 71.8 Å². The first-order valence-electron chi connectivity index (χ1n) is 4.87. The first-order valence-corrected chi connectivity index (χ1v) is 4.87. The van der Waals surface area contributed by atoms with Crippen molar-refractivity contribution in [3.05, 3.63) is 0 Å². The second-order valence-electron chi connectivity index (χ2n) is 3.43. The summed E-state index contributed by atoms with van der Waals surface area (Å²) < 4.78 is 0. The molecule has 0 aromatic rings. The third-order valence-electron chi connectivity index (χ3n) is 2.78. The SMILES string of the molecule is CCC([C@H](C)CC)N(C)CC. The fourth-order valence-corrected chi connectivity index (χ4v) is 1.66. The lowest BCUT2D eigenvalue weighted by Crippen LogP contribution is -2.35. The molecule has 0 spiro atoms. The van der Waals surface area contributed by atoms with Crippen LogP contribution in [-0.4, -0.2) is 24.5 Å². The van der Waals surface area contributed by atoms with Gasteiger partial charge in [-0.15, -0.1) is 0 Å². The van der Waals surface area contributed by atoms with Crippen molar-refractivity contribution in [1.29, 1.82) is 0 Å². The smallest absolute Gasteiger partial charge is 0.0115 e. The Morgan fingerprint density at radius 3 is 1.91 bits per heavy atom. The van der Waals surface area contributed by atoms with Gasteiger partial charge in [-0.2, -0.15) is 0 Å². The summed E-state index contributed by atoms with van der Waals surface area (Å²) >= 11 is 0. The predicted octanol–water partition coefficient (Wildman–Crippen LogP) is 2.76. The summed E-state index contributed by atoms with van der Waals surface area (Å²) in [6, 6.07) is 0.782.